The number of anilines is 1. The van der Waals surface area contributed by atoms with Gasteiger partial charge in [0.2, 0.25) is 0 Å². The summed E-state index contributed by atoms with van der Waals surface area (Å²) >= 11 is 0. The van der Waals surface area contributed by atoms with Crippen LogP contribution in [0.3, 0.4) is 0 Å². The Kier molecular flexibility index (Phi) is 3.87. The zero-order valence-electron chi connectivity index (χ0n) is 12.9. The minimum Gasteiger partial charge on any atom is -0.384 e. The van der Waals surface area contributed by atoms with Crippen LogP contribution >= 0.6 is 0 Å². The molecule has 0 amide bonds. The van der Waals surface area contributed by atoms with E-state index in [0.29, 0.717) is 5.92 Å². The minimum atomic E-state index is 0.680. The van der Waals surface area contributed by atoms with Crippen LogP contribution in [0.25, 0.3) is 0 Å². The Bertz CT molecular complexity index is 473. The molecule has 2 heterocycles. The number of rotatable bonds is 3. The van der Waals surface area contributed by atoms with Crippen molar-refractivity contribution >= 4 is 5.69 Å². The van der Waals surface area contributed by atoms with E-state index in [1.165, 1.54) is 69.7 Å². The maximum atomic E-state index is 3.56. The van der Waals surface area contributed by atoms with Gasteiger partial charge in [-0.2, -0.15) is 0 Å². The molecule has 3 nitrogen and oxygen atoms in total. The van der Waals surface area contributed by atoms with Crippen LogP contribution in [-0.2, 0) is 0 Å². The first-order valence-electron chi connectivity index (χ1n) is 8.69. The second-order valence-corrected chi connectivity index (χ2v) is 6.94. The van der Waals surface area contributed by atoms with E-state index < -0.39 is 0 Å². The number of piperazine rings is 1. The number of nitrogens with one attached hydrogen (secondary N) is 1. The lowest BCUT2D eigenvalue weighted by molar-refractivity contribution is 0.0949. The molecule has 114 valence electrons. The fourth-order valence-electron chi connectivity index (χ4n) is 4.41. The third-order valence-electron chi connectivity index (χ3n) is 5.67. The van der Waals surface area contributed by atoms with Crippen molar-refractivity contribution in [3.8, 4) is 0 Å². The summed E-state index contributed by atoms with van der Waals surface area (Å²) in [5.41, 5.74) is 2.88. The minimum absolute atomic E-state index is 0.680. The van der Waals surface area contributed by atoms with E-state index in [0.717, 1.165) is 12.6 Å². The van der Waals surface area contributed by atoms with Gasteiger partial charge in [-0.1, -0.05) is 31.0 Å². The normalized spacial score (nSPS) is 27.7. The molecule has 0 radical (unpaired) electrons. The van der Waals surface area contributed by atoms with Crippen molar-refractivity contribution in [2.75, 3.05) is 44.6 Å². The highest BCUT2D eigenvalue weighted by molar-refractivity contribution is 5.57. The Morgan fingerprint density at radius 3 is 2.57 bits per heavy atom. The molecule has 1 aromatic rings. The molecule has 3 heteroatoms. The molecule has 1 unspecified atom stereocenters. The Hall–Kier alpha value is -1.06. The van der Waals surface area contributed by atoms with Crippen molar-refractivity contribution in [3.05, 3.63) is 29.8 Å². The highest BCUT2D eigenvalue weighted by atomic mass is 15.3. The summed E-state index contributed by atoms with van der Waals surface area (Å²) in [7, 11) is 0. The van der Waals surface area contributed by atoms with Gasteiger partial charge in [0.05, 0.1) is 0 Å². The van der Waals surface area contributed by atoms with Gasteiger partial charge >= 0.3 is 0 Å². The van der Waals surface area contributed by atoms with Crippen molar-refractivity contribution in [2.45, 2.75) is 37.6 Å². The van der Waals surface area contributed by atoms with Crippen LogP contribution in [0, 0.1) is 0 Å². The summed E-state index contributed by atoms with van der Waals surface area (Å²) < 4.78 is 0. The summed E-state index contributed by atoms with van der Waals surface area (Å²) in [6.45, 7) is 7.42. The monoisotopic (exact) mass is 285 g/mol. The molecular weight excluding hydrogens is 258 g/mol. The number of hydrogen-bond donors (Lipinski definition) is 1. The smallest absolute Gasteiger partial charge is 0.0376 e. The number of para-hydroxylation sites is 1. The molecule has 21 heavy (non-hydrogen) atoms. The molecule has 1 aromatic carbocycles. The van der Waals surface area contributed by atoms with E-state index >= 15 is 0 Å². The van der Waals surface area contributed by atoms with Gasteiger partial charge in [-0.05, 0) is 24.5 Å². The second kappa shape index (κ2) is 5.98. The van der Waals surface area contributed by atoms with Crippen molar-refractivity contribution in [1.29, 1.82) is 0 Å². The van der Waals surface area contributed by atoms with Crippen LogP contribution in [0.4, 0.5) is 5.69 Å². The van der Waals surface area contributed by atoms with Gasteiger partial charge in [0.1, 0.15) is 0 Å². The quantitative estimate of drug-likeness (QED) is 0.921. The lowest BCUT2D eigenvalue weighted by Gasteiger charge is -2.38. The highest BCUT2D eigenvalue weighted by Crippen LogP contribution is 2.32. The van der Waals surface area contributed by atoms with Crippen LogP contribution < -0.4 is 5.32 Å². The molecule has 1 aliphatic carbocycles. The first kappa shape index (κ1) is 13.6. The Balaban J connectivity index is 1.31. The fourth-order valence-corrected chi connectivity index (χ4v) is 4.41. The summed E-state index contributed by atoms with van der Waals surface area (Å²) in [6, 6.07) is 9.73. The van der Waals surface area contributed by atoms with Crippen LogP contribution in [0.5, 0.6) is 0 Å². The molecule has 4 rings (SSSR count). The van der Waals surface area contributed by atoms with E-state index in [1.807, 2.05) is 0 Å². The van der Waals surface area contributed by atoms with Gasteiger partial charge in [0.25, 0.3) is 0 Å². The van der Waals surface area contributed by atoms with E-state index in [9.17, 15) is 0 Å². The average molecular weight is 285 g/mol. The molecule has 1 saturated carbocycles. The number of nitrogens with zero attached hydrogens (tertiary/aromatic N) is 2. The molecule has 0 aromatic heterocycles. The summed E-state index contributed by atoms with van der Waals surface area (Å²) in [5, 5.41) is 3.56. The molecular formula is C18H27N3. The highest BCUT2D eigenvalue weighted by Gasteiger charge is 2.29. The third kappa shape index (κ3) is 2.82. The predicted molar refractivity (Wildman–Crippen MR) is 87.9 cm³/mol. The predicted octanol–water partition coefficient (Wildman–Crippen LogP) is 2.76. The van der Waals surface area contributed by atoms with Crippen molar-refractivity contribution in [1.82, 2.24) is 9.80 Å². The molecule has 2 fully saturated rings. The Morgan fingerprint density at radius 2 is 1.76 bits per heavy atom. The van der Waals surface area contributed by atoms with Crippen molar-refractivity contribution in [3.63, 3.8) is 0 Å². The van der Waals surface area contributed by atoms with Crippen LogP contribution in [0.1, 0.15) is 37.2 Å². The van der Waals surface area contributed by atoms with E-state index in [4.69, 9.17) is 0 Å². The maximum absolute atomic E-state index is 3.56. The van der Waals surface area contributed by atoms with Gasteiger partial charge in [-0.25, -0.2) is 0 Å². The second-order valence-electron chi connectivity index (χ2n) is 6.94. The van der Waals surface area contributed by atoms with Gasteiger partial charge in [-0.3, -0.25) is 4.90 Å². The summed E-state index contributed by atoms with van der Waals surface area (Å²) in [6.07, 6.45) is 5.80. The lowest BCUT2D eigenvalue weighted by Crippen LogP contribution is -2.50. The van der Waals surface area contributed by atoms with Crippen LogP contribution in [-0.4, -0.2) is 55.1 Å². The van der Waals surface area contributed by atoms with Gasteiger partial charge in [-0.15, -0.1) is 0 Å². The largest absolute Gasteiger partial charge is 0.384 e. The first-order chi connectivity index (χ1) is 10.4. The lowest BCUT2D eigenvalue weighted by atomic mass is 10.0. The summed E-state index contributed by atoms with van der Waals surface area (Å²) in [5.74, 6) is 0.680. The summed E-state index contributed by atoms with van der Waals surface area (Å²) in [4.78, 5) is 5.43. The standard InChI is InChI=1S/C18H27N3/c1-2-6-16(5-1)21-11-9-20(10-12-21)14-15-13-19-18-8-4-3-7-17(15)18/h3-4,7-8,15-16,19H,1-2,5-6,9-14H2. The number of hydrogen-bond acceptors (Lipinski definition) is 3. The van der Waals surface area contributed by atoms with Crippen LogP contribution in [0.15, 0.2) is 24.3 Å². The topological polar surface area (TPSA) is 18.5 Å². The third-order valence-corrected chi connectivity index (χ3v) is 5.67. The molecule has 0 spiro atoms. The van der Waals surface area contributed by atoms with Gasteiger partial charge in [0, 0.05) is 56.9 Å². The molecule has 1 N–H and O–H groups in total. The van der Waals surface area contributed by atoms with E-state index in [1.54, 1.807) is 0 Å². The molecule has 2 aliphatic heterocycles. The SMILES string of the molecule is c1ccc2c(c1)NCC2CN1CCN(C2CCCC2)CC1. The zero-order chi connectivity index (χ0) is 14.1. The van der Waals surface area contributed by atoms with Gasteiger partial charge < -0.3 is 10.2 Å². The molecule has 3 aliphatic rings. The number of fused-ring (bicyclic) bond motifs is 1. The zero-order valence-corrected chi connectivity index (χ0v) is 12.9. The Morgan fingerprint density at radius 1 is 1.00 bits per heavy atom. The van der Waals surface area contributed by atoms with Crippen molar-refractivity contribution < 1.29 is 0 Å². The van der Waals surface area contributed by atoms with Crippen molar-refractivity contribution in [2.24, 2.45) is 0 Å². The van der Waals surface area contributed by atoms with Crippen LogP contribution in [0.2, 0.25) is 0 Å². The van der Waals surface area contributed by atoms with E-state index in [2.05, 4.69) is 39.4 Å². The first-order valence-corrected chi connectivity index (χ1v) is 8.69. The molecule has 1 saturated heterocycles. The Labute approximate surface area is 128 Å². The average Bonchev–Trinajstić information content (AvgIpc) is 3.19. The molecule has 0 bridgehead atoms. The number of benzene rings is 1. The fraction of sp³-hybridized carbons (Fsp3) is 0.667. The maximum Gasteiger partial charge on any atom is 0.0376 e. The van der Waals surface area contributed by atoms with Gasteiger partial charge in [0.15, 0.2) is 0 Å². The molecule has 1 atom stereocenters. The van der Waals surface area contributed by atoms with E-state index in [-0.39, 0.29) is 0 Å².